The maximum absolute atomic E-state index is 10.5. The number of halogens is 1. The third kappa shape index (κ3) is 16.5. The van der Waals surface area contributed by atoms with Crippen LogP contribution in [0.1, 0.15) is 50.7 Å². The van der Waals surface area contributed by atoms with Crippen LogP contribution >= 0.6 is 15.9 Å². The normalized spacial score (nSPS) is 10.6. The number of carboxylic acid groups (broad SMARTS) is 2. The van der Waals surface area contributed by atoms with Crippen molar-refractivity contribution in [3.63, 3.8) is 0 Å². The van der Waals surface area contributed by atoms with E-state index in [0.29, 0.717) is 0 Å². The smallest absolute Gasteiger partial charge is 0.306 e. The van der Waals surface area contributed by atoms with Gasteiger partial charge in [-0.15, -0.1) is 0 Å². The number of rotatable bonds is 9. The van der Waals surface area contributed by atoms with E-state index in [2.05, 4.69) is 58.4 Å². The molecule has 0 fully saturated rings. The zero-order chi connectivity index (χ0) is 21.9. The second kappa shape index (κ2) is 17.9. The number of hydrogen-bond donors (Lipinski definition) is 2. The Bertz CT molecular complexity index is 659. The van der Waals surface area contributed by atoms with Crippen molar-refractivity contribution in [1.82, 2.24) is 0 Å². The predicted molar refractivity (Wildman–Crippen MR) is 123 cm³/mol. The van der Waals surface area contributed by atoms with Crippen molar-refractivity contribution in [3.05, 3.63) is 71.8 Å². The molecule has 0 aliphatic rings. The lowest BCUT2D eigenvalue weighted by atomic mass is 10.0. The van der Waals surface area contributed by atoms with Gasteiger partial charge in [-0.05, 0) is 43.2 Å². The van der Waals surface area contributed by atoms with Gasteiger partial charge in [-0.1, -0.05) is 90.4 Å². The third-order valence-corrected chi connectivity index (χ3v) is 4.67. The summed E-state index contributed by atoms with van der Waals surface area (Å²) in [7, 11) is 0. The minimum absolute atomic E-state index is 0.222. The van der Waals surface area contributed by atoms with Gasteiger partial charge in [-0.25, -0.2) is 0 Å². The molecule has 0 aromatic heterocycles. The molecule has 0 heterocycles. The Kier molecular flexibility index (Phi) is 16.6. The first-order valence-corrected chi connectivity index (χ1v) is 11.1. The van der Waals surface area contributed by atoms with Crippen LogP contribution in [0, 0.1) is 5.92 Å². The summed E-state index contributed by atoms with van der Waals surface area (Å²) in [4.78, 5) is 19.9. The number of hydrogen-bond acceptors (Lipinski definition) is 2. The molecular weight excluding hydrogens is 432 g/mol. The second-order valence-electron chi connectivity index (χ2n) is 6.64. The van der Waals surface area contributed by atoms with Crippen molar-refractivity contribution in [2.75, 3.05) is 5.33 Å². The zero-order valence-electron chi connectivity index (χ0n) is 17.4. The van der Waals surface area contributed by atoms with Crippen molar-refractivity contribution >= 4 is 27.9 Å². The largest absolute Gasteiger partial charge is 0.481 e. The molecule has 0 bridgehead atoms. The van der Waals surface area contributed by atoms with Gasteiger partial charge >= 0.3 is 11.9 Å². The van der Waals surface area contributed by atoms with Crippen LogP contribution in [0.5, 0.6) is 0 Å². The van der Waals surface area contributed by atoms with Gasteiger partial charge in [0.2, 0.25) is 0 Å². The molecule has 0 spiro atoms. The first-order chi connectivity index (χ1) is 13.9. The summed E-state index contributed by atoms with van der Waals surface area (Å²) in [6, 6.07) is 20.7. The van der Waals surface area contributed by atoms with Gasteiger partial charge in [0.25, 0.3) is 0 Å². The van der Waals surface area contributed by atoms with Gasteiger partial charge in [0.15, 0.2) is 0 Å². The maximum Gasteiger partial charge on any atom is 0.306 e. The van der Waals surface area contributed by atoms with Gasteiger partial charge < -0.3 is 10.2 Å². The first kappa shape index (κ1) is 26.9. The van der Waals surface area contributed by atoms with E-state index in [4.69, 9.17) is 10.2 Å². The minimum atomic E-state index is -0.745. The Morgan fingerprint density at radius 2 is 1.28 bits per heavy atom. The summed E-state index contributed by atoms with van der Waals surface area (Å²) in [5.41, 5.74) is 2.71. The lowest BCUT2D eigenvalue weighted by Crippen LogP contribution is -2.09. The fraction of sp³-hybridized carbons (Fsp3) is 0.417. The molecule has 0 radical (unpaired) electrons. The van der Waals surface area contributed by atoms with Crippen LogP contribution < -0.4 is 0 Å². The molecule has 0 saturated heterocycles. The van der Waals surface area contributed by atoms with E-state index < -0.39 is 11.9 Å². The zero-order valence-corrected chi connectivity index (χ0v) is 19.0. The molecule has 2 rings (SSSR count). The first-order valence-electron chi connectivity index (χ1n) is 9.99. The topological polar surface area (TPSA) is 74.6 Å². The van der Waals surface area contributed by atoms with Crippen LogP contribution in [0.15, 0.2) is 60.7 Å². The minimum Gasteiger partial charge on any atom is -0.481 e. The molecule has 0 saturated carbocycles. The molecule has 5 heteroatoms. The Morgan fingerprint density at radius 3 is 1.62 bits per heavy atom. The number of alkyl halides is 1. The lowest BCUT2D eigenvalue weighted by molar-refractivity contribution is -0.141. The molecule has 160 valence electrons. The van der Waals surface area contributed by atoms with E-state index in [1.807, 2.05) is 18.2 Å². The molecule has 1 unspecified atom stereocenters. The number of carbonyl (C=O) groups is 2. The number of aryl methyl sites for hydroxylation is 2. The van der Waals surface area contributed by atoms with Crippen LogP contribution in [-0.2, 0) is 22.4 Å². The van der Waals surface area contributed by atoms with Crippen LogP contribution in [0.25, 0.3) is 0 Å². The molecule has 2 N–H and O–H groups in total. The standard InChI is InChI=1S/C12H16O2.C9H11Br.C3H6O2/c1-10(12(13)14)6-5-9-11-7-3-2-4-8-11;10-8-4-7-9-5-2-1-3-6-9;1-2-3(4)5/h2-4,7-8,10H,5-6,9H2,1H3,(H,13,14);1-3,5-6H,4,7-8H2;2H2,1H3,(H,4,5). The predicted octanol–water partition coefficient (Wildman–Crippen LogP) is 6.23. The van der Waals surface area contributed by atoms with Crippen molar-refractivity contribution in [2.45, 2.75) is 52.4 Å². The SMILES string of the molecule is BrCCCc1ccccc1.CC(CCCc1ccccc1)C(=O)O.CCC(=O)O. The Hall–Kier alpha value is -2.14. The summed E-state index contributed by atoms with van der Waals surface area (Å²) in [5, 5.41) is 17.5. The van der Waals surface area contributed by atoms with E-state index in [0.717, 1.165) is 24.6 Å². The van der Waals surface area contributed by atoms with Crippen molar-refractivity contribution < 1.29 is 19.8 Å². The summed E-state index contributed by atoms with van der Waals surface area (Å²) >= 11 is 3.41. The van der Waals surface area contributed by atoms with E-state index in [9.17, 15) is 9.59 Å². The van der Waals surface area contributed by atoms with Gasteiger partial charge in [-0.3, -0.25) is 9.59 Å². The van der Waals surface area contributed by atoms with Crippen molar-refractivity contribution in [2.24, 2.45) is 5.92 Å². The summed E-state index contributed by atoms with van der Waals surface area (Å²) in [5.74, 6) is -1.67. The van der Waals surface area contributed by atoms with E-state index in [1.54, 1.807) is 13.8 Å². The van der Waals surface area contributed by atoms with E-state index in [1.165, 1.54) is 24.0 Å². The van der Waals surface area contributed by atoms with Crippen molar-refractivity contribution in [3.8, 4) is 0 Å². The molecule has 29 heavy (non-hydrogen) atoms. The average molecular weight is 465 g/mol. The van der Waals surface area contributed by atoms with Gasteiger partial charge in [0.1, 0.15) is 0 Å². The highest BCUT2D eigenvalue weighted by Crippen LogP contribution is 2.10. The summed E-state index contributed by atoms with van der Waals surface area (Å²) < 4.78 is 0. The Morgan fingerprint density at radius 1 is 0.862 bits per heavy atom. The molecule has 0 aliphatic heterocycles. The van der Waals surface area contributed by atoms with E-state index >= 15 is 0 Å². The highest BCUT2D eigenvalue weighted by molar-refractivity contribution is 9.09. The molecular formula is C24H33BrO4. The van der Waals surface area contributed by atoms with Gasteiger partial charge in [0.05, 0.1) is 5.92 Å². The Balaban J connectivity index is 0.000000455. The number of carboxylic acids is 2. The van der Waals surface area contributed by atoms with Crippen LogP contribution in [0.3, 0.4) is 0 Å². The van der Waals surface area contributed by atoms with Crippen LogP contribution in [-0.4, -0.2) is 27.5 Å². The van der Waals surface area contributed by atoms with Crippen LogP contribution in [0.2, 0.25) is 0 Å². The third-order valence-electron chi connectivity index (χ3n) is 4.11. The summed E-state index contributed by atoms with van der Waals surface area (Å²) in [6.45, 7) is 3.36. The molecule has 2 aromatic carbocycles. The molecule has 4 nitrogen and oxygen atoms in total. The van der Waals surface area contributed by atoms with E-state index in [-0.39, 0.29) is 12.3 Å². The summed E-state index contributed by atoms with van der Waals surface area (Å²) in [6.07, 6.45) is 5.30. The maximum atomic E-state index is 10.5. The monoisotopic (exact) mass is 464 g/mol. The highest BCUT2D eigenvalue weighted by atomic mass is 79.9. The second-order valence-corrected chi connectivity index (χ2v) is 7.44. The fourth-order valence-corrected chi connectivity index (χ4v) is 2.58. The van der Waals surface area contributed by atoms with Gasteiger partial charge in [0, 0.05) is 11.8 Å². The fourth-order valence-electron chi connectivity index (χ4n) is 2.30. The Labute approximate surface area is 183 Å². The lowest BCUT2D eigenvalue weighted by Gasteiger charge is -2.05. The number of benzene rings is 2. The quantitative estimate of drug-likeness (QED) is 0.431. The molecule has 0 aliphatic carbocycles. The molecule has 0 amide bonds. The average Bonchev–Trinajstić information content (AvgIpc) is 2.74. The van der Waals surface area contributed by atoms with Gasteiger partial charge in [-0.2, -0.15) is 0 Å². The van der Waals surface area contributed by atoms with Crippen molar-refractivity contribution in [1.29, 1.82) is 0 Å². The number of aliphatic carboxylic acids is 2. The molecule has 1 atom stereocenters. The highest BCUT2D eigenvalue weighted by Gasteiger charge is 2.09. The molecule has 2 aromatic rings. The van der Waals surface area contributed by atoms with Crippen LogP contribution in [0.4, 0.5) is 0 Å².